The molecule has 2 atom stereocenters. The van der Waals surface area contributed by atoms with E-state index < -0.39 is 34.2 Å². The van der Waals surface area contributed by atoms with Crippen LogP contribution >= 0.6 is 0 Å². The Morgan fingerprint density at radius 3 is 2.45 bits per heavy atom. The SMILES string of the molecule is COc1ccc(CN2C(=O)C(NC(=O)OCc3ccccc3)C2COS(C)(=O)=O)c(OC)c1. The molecule has 1 saturated heterocycles. The molecule has 1 aliphatic rings. The molecule has 0 bridgehead atoms. The molecule has 1 fully saturated rings. The summed E-state index contributed by atoms with van der Waals surface area (Å²) in [4.78, 5) is 26.5. The van der Waals surface area contributed by atoms with E-state index in [9.17, 15) is 18.0 Å². The van der Waals surface area contributed by atoms with Gasteiger partial charge in [0.25, 0.3) is 10.1 Å². The lowest BCUT2D eigenvalue weighted by molar-refractivity contribution is -0.153. The molecule has 2 amide bonds. The first-order valence-corrected chi connectivity index (χ1v) is 11.9. The molecule has 1 aliphatic heterocycles. The summed E-state index contributed by atoms with van der Waals surface area (Å²) in [7, 11) is -0.732. The lowest BCUT2D eigenvalue weighted by atomic mass is 9.94. The van der Waals surface area contributed by atoms with Crippen LogP contribution in [0.3, 0.4) is 0 Å². The monoisotopic (exact) mass is 478 g/mol. The Morgan fingerprint density at radius 1 is 1.09 bits per heavy atom. The largest absolute Gasteiger partial charge is 0.497 e. The second-order valence-electron chi connectivity index (χ2n) is 7.38. The average molecular weight is 479 g/mol. The predicted molar refractivity (Wildman–Crippen MR) is 118 cm³/mol. The van der Waals surface area contributed by atoms with Gasteiger partial charge < -0.3 is 24.4 Å². The van der Waals surface area contributed by atoms with Crippen molar-refractivity contribution < 1.29 is 36.4 Å². The number of likely N-dealkylation sites (tertiary alicyclic amines) is 1. The third-order valence-electron chi connectivity index (χ3n) is 5.11. The Morgan fingerprint density at radius 2 is 1.82 bits per heavy atom. The number of ether oxygens (including phenoxy) is 3. The van der Waals surface area contributed by atoms with Gasteiger partial charge in [-0.25, -0.2) is 4.79 Å². The molecule has 0 aliphatic carbocycles. The summed E-state index contributed by atoms with van der Waals surface area (Å²) in [6.45, 7) is -0.154. The highest BCUT2D eigenvalue weighted by molar-refractivity contribution is 7.85. The molecular weight excluding hydrogens is 452 g/mol. The minimum atomic E-state index is -3.75. The van der Waals surface area contributed by atoms with Crippen LogP contribution in [-0.2, 0) is 37.0 Å². The molecule has 0 spiro atoms. The minimum absolute atomic E-state index is 0.0326. The van der Waals surface area contributed by atoms with E-state index in [1.165, 1.54) is 19.1 Å². The number of amides is 2. The summed E-state index contributed by atoms with van der Waals surface area (Å²) in [6, 6.07) is 12.5. The molecule has 33 heavy (non-hydrogen) atoms. The van der Waals surface area contributed by atoms with Crippen molar-refractivity contribution >= 4 is 22.1 Å². The van der Waals surface area contributed by atoms with Crippen LogP contribution in [0.4, 0.5) is 4.79 Å². The van der Waals surface area contributed by atoms with Gasteiger partial charge in [0.1, 0.15) is 24.1 Å². The van der Waals surface area contributed by atoms with E-state index >= 15 is 0 Å². The molecule has 1 heterocycles. The Balaban J connectivity index is 1.69. The van der Waals surface area contributed by atoms with Crippen LogP contribution in [0.25, 0.3) is 0 Å². The molecule has 0 radical (unpaired) electrons. The molecule has 2 aromatic carbocycles. The number of rotatable bonds is 10. The van der Waals surface area contributed by atoms with E-state index in [2.05, 4.69) is 5.32 Å². The Labute approximate surface area is 192 Å². The van der Waals surface area contributed by atoms with Crippen molar-refractivity contribution in [3.63, 3.8) is 0 Å². The third kappa shape index (κ3) is 6.36. The molecule has 2 aromatic rings. The summed E-state index contributed by atoms with van der Waals surface area (Å²) < 4.78 is 43.7. The molecular formula is C22H26N2O8S. The number of β-lactam (4-membered cyclic amide) rings is 1. The number of methoxy groups -OCH3 is 2. The highest BCUT2D eigenvalue weighted by Crippen LogP contribution is 2.30. The summed E-state index contributed by atoms with van der Waals surface area (Å²) in [5.74, 6) is 0.693. The second-order valence-corrected chi connectivity index (χ2v) is 9.03. The van der Waals surface area contributed by atoms with Crippen LogP contribution in [0, 0.1) is 0 Å². The zero-order chi connectivity index (χ0) is 24.0. The topological polar surface area (TPSA) is 120 Å². The van der Waals surface area contributed by atoms with Gasteiger partial charge in [-0.2, -0.15) is 8.42 Å². The minimum Gasteiger partial charge on any atom is -0.497 e. The molecule has 2 unspecified atom stereocenters. The van der Waals surface area contributed by atoms with Crippen molar-refractivity contribution in [1.82, 2.24) is 10.2 Å². The molecule has 11 heteroatoms. The van der Waals surface area contributed by atoms with Gasteiger partial charge in [-0.3, -0.25) is 8.98 Å². The molecule has 0 saturated carbocycles. The number of carbonyl (C=O) groups excluding carboxylic acids is 2. The number of alkyl carbamates (subject to hydrolysis) is 1. The third-order valence-corrected chi connectivity index (χ3v) is 5.67. The number of carbonyl (C=O) groups is 2. The van der Waals surface area contributed by atoms with Crippen molar-refractivity contribution in [3.05, 3.63) is 59.7 Å². The first kappa shape index (κ1) is 24.3. The first-order valence-electron chi connectivity index (χ1n) is 10.0. The van der Waals surface area contributed by atoms with E-state index in [1.807, 2.05) is 18.2 Å². The maximum absolute atomic E-state index is 12.8. The van der Waals surface area contributed by atoms with Gasteiger partial charge in [0, 0.05) is 18.2 Å². The van der Waals surface area contributed by atoms with Gasteiger partial charge >= 0.3 is 6.09 Å². The number of nitrogens with zero attached hydrogens (tertiary/aromatic N) is 1. The number of nitrogens with one attached hydrogen (secondary N) is 1. The quantitative estimate of drug-likeness (QED) is 0.405. The Hall–Kier alpha value is -3.31. The van der Waals surface area contributed by atoms with Crippen LogP contribution in [-0.4, -0.2) is 64.5 Å². The van der Waals surface area contributed by atoms with Crippen LogP contribution in [0.2, 0.25) is 0 Å². The maximum Gasteiger partial charge on any atom is 0.408 e. The number of hydrogen-bond donors (Lipinski definition) is 1. The molecule has 1 N–H and O–H groups in total. The fraction of sp³-hybridized carbons (Fsp3) is 0.364. The molecule has 3 rings (SSSR count). The van der Waals surface area contributed by atoms with Gasteiger partial charge in [0.15, 0.2) is 0 Å². The van der Waals surface area contributed by atoms with Crippen molar-refractivity contribution in [2.45, 2.75) is 25.2 Å². The standard InChI is InChI=1S/C22H26N2O8S/c1-29-17-10-9-16(19(11-17)30-2)12-24-18(14-32-33(3,27)28)20(21(24)25)23-22(26)31-13-15-7-5-4-6-8-15/h4-11,18,20H,12-14H2,1-3H3,(H,23,26). The maximum atomic E-state index is 12.8. The summed E-state index contributed by atoms with van der Waals surface area (Å²) in [5.41, 5.74) is 1.47. The van der Waals surface area contributed by atoms with Gasteiger partial charge in [0.2, 0.25) is 5.91 Å². The van der Waals surface area contributed by atoms with Gasteiger partial charge in [-0.05, 0) is 17.7 Å². The van der Waals surface area contributed by atoms with Crippen molar-refractivity contribution in [3.8, 4) is 11.5 Å². The lowest BCUT2D eigenvalue weighted by Crippen LogP contribution is -2.71. The zero-order valence-corrected chi connectivity index (χ0v) is 19.3. The van der Waals surface area contributed by atoms with E-state index in [4.69, 9.17) is 18.4 Å². The van der Waals surface area contributed by atoms with Crippen molar-refractivity contribution in [2.75, 3.05) is 27.1 Å². The summed E-state index contributed by atoms with van der Waals surface area (Å²) in [5, 5.41) is 2.51. The highest BCUT2D eigenvalue weighted by Gasteiger charge is 2.49. The average Bonchev–Trinajstić information content (AvgIpc) is 2.81. The molecule has 0 aromatic heterocycles. The van der Waals surface area contributed by atoms with Crippen LogP contribution in [0.15, 0.2) is 48.5 Å². The van der Waals surface area contributed by atoms with Gasteiger partial charge in [-0.15, -0.1) is 0 Å². The molecule has 178 valence electrons. The van der Waals surface area contributed by atoms with Crippen molar-refractivity contribution in [1.29, 1.82) is 0 Å². The van der Waals surface area contributed by atoms with E-state index in [-0.39, 0.29) is 19.8 Å². The van der Waals surface area contributed by atoms with Crippen LogP contribution in [0.5, 0.6) is 11.5 Å². The normalized spacial score (nSPS) is 17.8. The Bertz CT molecular complexity index is 1090. The van der Waals surface area contributed by atoms with Gasteiger partial charge in [-0.1, -0.05) is 30.3 Å². The zero-order valence-electron chi connectivity index (χ0n) is 18.5. The van der Waals surface area contributed by atoms with E-state index in [0.717, 1.165) is 11.8 Å². The fourth-order valence-corrected chi connectivity index (χ4v) is 3.78. The van der Waals surface area contributed by atoms with E-state index in [1.54, 1.807) is 30.3 Å². The Kier molecular flexibility index (Phi) is 7.77. The predicted octanol–water partition coefficient (Wildman–Crippen LogP) is 1.69. The number of hydrogen-bond acceptors (Lipinski definition) is 8. The smallest absolute Gasteiger partial charge is 0.408 e. The highest BCUT2D eigenvalue weighted by atomic mass is 32.2. The van der Waals surface area contributed by atoms with Crippen LogP contribution in [0.1, 0.15) is 11.1 Å². The fourth-order valence-electron chi connectivity index (χ4n) is 3.39. The van der Waals surface area contributed by atoms with Gasteiger partial charge in [0.05, 0.1) is 33.1 Å². The lowest BCUT2D eigenvalue weighted by Gasteiger charge is -2.46. The second kappa shape index (κ2) is 10.5. The van der Waals surface area contributed by atoms with Crippen molar-refractivity contribution in [2.24, 2.45) is 0 Å². The first-order chi connectivity index (χ1) is 15.7. The van der Waals surface area contributed by atoms with E-state index in [0.29, 0.717) is 17.1 Å². The number of benzene rings is 2. The summed E-state index contributed by atoms with van der Waals surface area (Å²) >= 11 is 0. The van der Waals surface area contributed by atoms with Crippen LogP contribution < -0.4 is 14.8 Å². The summed E-state index contributed by atoms with van der Waals surface area (Å²) in [6.07, 6.45) is 0.129. The molecule has 10 nitrogen and oxygen atoms in total.